The fraction of sp³-hybridized carbons (Fsp3) is 1.00. The second kappa shape index (κ2) is 5.68. The van der Waals surface area contributed by atoms with E-state index in [1.807, 2.05) is 0 Å². The first kappa shape index (κ1) is 13.3. The minimum atomic E-state index is 0.398. The van der Waals surface area contributed by atoms with Crippen LogP contribution in [-0.2, 0) is 0 Å². The summed E-state index contributed by atoms with van der Waals surface area (Å²) in [6.45, 7) is 11.8. The molecule has 0 aromatic heterocycles. The van der Waals surface area contributed by atoms with E-state index in [-0.39, 0.29) is 0 Å². The van der Waals surface area contributed by atoms with E-state index < -0.39 is 0 Å². The third kappa shape index (κ3) is 3.01. The van der Waals surface area contributed by atoms with E-state index in [0.717, 1.165) is 0 Å². The van der Waals surface area contributed by atoms with Crippen molar-refractivity contribution in [1.82, 2.24) is 9.80 Å². The van der Waals surface area contributed by atoms with Crippen LogP contribution in [0.25, 0.3) is 0 Å². The van der Waals surface area contributed by atoms with E-state index in [9.17, 15) is 0 Å². The topological polar surface area (TPSA) is 32.5 Å². The number of hydrogen-bond acceptors (Lipinski definition) is 3. The molecule has 1 saturated heterocycles. The third-order valence-electron chi connectivity index (χ3n) is 4.81. The maximum Gasteiger partial charge on any atom is 0.0250 e. The van der Waals surface area contributed by atoms with Crippen LogP contribution in [0.3, 0.4) is 0 Å². The van der Waals surface area contributed by atoms with Gasteiger partial charge in [0.2, 0.25) is 0 Å². The summed E-state index contributed by atoms with van der Waals surface area (Å²) in [5, 5.41) is 0. The van der Waals surface area contributed by atoms with Crippen molar-refractivity contribution in [3.8, 4) is 0 Å². The molecular formula is C14H29N3. The van der Waals surface area contributed by atoms with Gasteiger partial charge >= 0.3 is 0 Å². The highest BCUT2D eigenvalue weighted by atomic mass is 15.3. The van der Waals surface area contributed by atoms with E-state index in [2.05, 4.69) is 30.6 Å². The van der Waals surface area contributed by atoms with Gasteiger partial charge in [-0.05, 0) is 32.6 Å². The number of piperazine rings is 1. The zero-order valence-corrected chi connectivity index (χ0v) is 11.7. The first-order chi connectivity index (χ1) is 8.09. The second-order valence-electron chi connectivity index (χ2n) is 6.22. The van der Waals surface area contributed by atoms with Gasteiger partial charge in [-0.25, -0.2) is 0 Å². The molecule has 3 heteroatoms. The van der Waals surface area contributed by atoms with Crippen LogP contribution in [-0.4, -0.2) is 54.1 Å². The number of hydrogen-bond donors (Lipinski definition) is 1. The van der Waals surface area contributed by atoms with Gasteiger partial charge in [-0.15, -0.1) is 0 Å². The van der Waals surface area contributed by atoms with E-state index >= 15 is 0 Å². The maximum absolute atomic E-state index is 6.39. The van der Waals surface area contributed by atoms with Crippen LogP contribution in [0.4, 0.5) is 0 Å². The Balaban J connectivity index is 1.87. The molecule has 0 amide bonds. The Bertz CT molecular complexity index is 234. The zero-order chi connectivity index (χ0) is 12.4. The van der Waals surface area contributed by atoms with E-state index in [0.29, 0.717) is 24.0 Å². The normalized spacial score (nSPS) is 37.6. The van der Waals surface area contributed by atoms with Crippen LogP contribution >= 0.6 is 0 Å². The molecule has 1 aliphatic heterocycles. The monoisotopic (exact) mass is 239 g/mol. The van der Waals surface area contributed by atoms with Crippen molar-refractivity contribution >= 4 is 0 Å². The van der Waals surface area contributed by atoms with Crippen molar-refractivity contribution in [1.29, 1.82) is 0 Å². The minimum absolute atomic E-state index is 0.398. The molecule has 2 N–H and O–H groups in total. The zero-order valence-electron chi connectivity index (χ0n) is 11.7. The molecule has 3 nitrogen and oxygen atoms in total. The Morgan fingerprint density at radius 3 is 2.29 bits per heavy atom. The van der Waals surface area contributed by atoms with Gasteiger partial charge in [0.05, 0.1) is 0 Å². The van der Waals surface area contributed by atoms with Gasteiger partial charge in [0.15, 0.2) is 0 Å². The SMILES string of the molecule is CC(C)N1CCN(C2CCC[C@H](C)[C@@H]2N)CC1. The first-order valence-corrected chi connectivity index (χ1v) is 7.33. The van der Waals surface area contributed by atoms with Crippen molar-refractivity contribution in [3.63, 3.8) is 0 Å². The molecule has 3 atom stereocenters. The van der Waals surface area contributed by atoms with Crippen LogP contribution in [0, 0.1) is 5.92 Å². The predicted octanol–water partition coefficient (Wildman–Crippen LogP) is 1.53. The Morgan fingerprint density at radius 1 is 1.06 bits per heavy atom. The lowest BCUT2D eigenvalue weighted by Gasteiger charge is -2.45. The van der Waals surface area contributed by atoms with Crippen molar-refractivity contribution < 1.29 is 0 Å². The summed E-state index contributed by atoms with van der Waals surface area (Å²) in [5.41, 5.74) is 6.39. The number of nitrogens with two attached hydrogens (primary N) is 1. The van der Waals surface area contributed by atoms with Gasteiger partial charge in [-0.2, -0.15) is 0 Å². The molecule has 0 spiro atoms. The summed E-state index contributed by atoms with van der Waals surface area (Å²) >= 11 is 0. The minimum Gasteiger partial charge on any atom is -0.326 e. The van der Waals surface area contributed by atoms with Crippen molar-refractivity contribution in [3.05, 3.63) is 0 Å². The molecule has 0 bridgehead atoms. The van der Waals surface area contributed by atoms with Gasteiger partial charge in [0.25, 0.3) is 0 Å². The van der Waals surface area contributed by atoms with E-state index in [1.54, 1.807) is 0 Å². The lowest BCUT2D eigenvalue weighted by Crippen LogP contribution is -2.59. The maximum atomic E-state index is 6.39. The molecule has 2 aliphatic rings. The smallest absolute Gasteiger partial charge is 0.0250 e. The number of rotatable bonds is 2. The molecular weight excluding hydrogens is 210 g/mol. The van der Waals surface area contributed by atoms with Crippen molar-refractivity contribution in [2.45, 2.75) is 58.2 Å². The Labute approximate surface area is 106 Å². The molecule has 1 unspecified atom stereocenters. The van der Waals surface area contributed by atoms with Crippen LogP contribution in [0.1, 0.15) is 40.0 Å². The highest BCUT2D eigenvalue weighted by Crippen LogP contribution is 2.27. The Kier molecular flexibility index (Phi) is 4.45. The fourth-order valence-corrected chi connectivity index (χ4v) is 3.42. The predicted molar refractivity (Wildman–Crippen MR) is 73.1 cm³/mol. The Morgan fingerprint density at radius 2 is 1.71 bits per heavy atom. The van der Waals surface area contributed by atoms with Gasteiger partial charge in [0.1, 0.15) is 0 Å². The van der Waals surface area contributed by atoms with Crippen LogP contribution < -0.4 is 5.73 Å². The molecule has 1 aliphatic carbocycles. The molecule has 0 aromatic carbocycles. The summed E-state index contributed by atoms with van der Waals surface area (Å²) in [6, 6.07) is 1.73. The lowest BCUT2D eigenvalue weighted by molar-refractivity contribution is 0.0456. The largest absolute Gasteiger partial charge is 0.326 e. The third-order valence-corrected chi connectivity index (χ3v) is 4.81. The number of nitrogens with zero attached hydrogens (tertiary/aromatic N) is 2. The van der Waals surface area contributed by atoms with E-state index in [4.69, 9.17) is 5.73 Å². The van der Waals surface area contributed by atoms with Gasteiger partial charge in [-0.3, -0.25) is 9.80 Å². The van der Waals surface area contributed by atoms with Gasteiger partial charge in [-0.1, -0.05) is 13.3 Å². The molecule has 100 valence electrons. The van der Waals surface area contributed by atoms with Crippen LogP contribution in [0.15, 0.2) is 0 Å². The summed E-state index contributed by atoms with van der Waals surface area (Å²) in [5.74, 6) is 0.705. The highest BCUT2D eigenvalue weighted by Gasteiger charge is 2.33. The fourth-order valence-electron chi connectivity index (χ4n) is 3.42. The summed E-state index contributed by atoms with van der Waals surface area (Å²) in [6.07, 6.45) is 4.00. The standard InChI is InChI=1S/C14H29N3/c1-11(2)16-7-9-17(10-8-16)13-6-4-5-12(3)14(13)15/h11-14H,4-10,15H2,1-3H3/t12-,13?,14-/m0/s1. The van der Waals surface area contributed by atoms with E-state index in [1.165, 1.54) is 45.4 Å². The summed E-state index contributed by atoms with van der Waals surface area (Å²) in [4.78, 5) is 5.23. The Hall–Kier alpha value is -0.120. The molecule has 0 aromatic rings. The molecule has 17 heavy (non-hydrogen) atoms. The van der Waals surface area contributed by atoms with Crippen molar-refractivity contribution in [2.24, 2.45) is 11.7 Å². The van der Waals surface area contributed by atoms with Gasteiger partial charge < -0.3 is 5.73 Å². The molecule has 1 saturated carbocycles. The first-order valence-electron chi connectivity index (χ1n) is 7.33. The molecule has 2 rings (SSSR count). The van der Waals surface area contributed by atoms with Crippen molar-refractivity contribution in [2.75, 3.05) is 26.2 Å². The second-order valence-corrected chi connectivity index (χ2v) is 6.22. The summed E-state index contributed by atoms with van der Waals surface area (Å²) < 4.78 is 0. The average Bonchev–Trinajstić information content (AvgIpc) is 2.33. The molecule has 0 radical (unpaired) electrons. The van der Waals surface area contributed by atoms with Crippen LogP contribution in [0.2, 0.25) is 0 Å². The molecule has 2 fully saturated rings. The molecule has 1 heterocycles. The lowest BCUT2D eigenvalue weighted by atomic mass is 9.81. The highest BCUT2D eigenvalue weighted by molar-refractivity contribution is 4.91. The average molecular weight is 239 g/mol. The van der Waals surface area contributed by atoms with Crippen LogP contribution in [0.5, 0.6) is 0 Å². The van der Waals surface area contributed by atoms with Gasteiger partial charge in [0, 0.05) is 44.3 Å². The quantitative estimate of drug-likeness (QED) is 0.793. The summed E-state index contributed by atoms with van der Waals surface area (Å²) in [7, 11) is 0.